The number of alkyl halides is 6. The lowest BCUT2D eigenvalue weighted by Gasteiger charge is -2.18. The zero-order chi connectivity index (χ0) is 25.7. The third-order valence-corrected chi connectivity index (χ3v) is 5.80. The number of benzene rings is 2. The Labute approximate surface area is 215 Å². The lowest BCUT2D eigenvalue weighted by atomic mass is 9.97. The smallest absolute Gasteiger partial charge is 0.331 e. The van der Waals surface area contributed by atoms with Gasteiger partial charge < -0.3 is 10.6 Å². The molecule has 0 aliphatic rings. The number of amides is 2. The van der Waals surface area contributed by atoms with E-state index in [1.807, 2.05) is 5.32 Å². The molecule has 1 atom stereocenters. The second-order valence-corrected chi connectivity index (χ2v) is 9.58. The fourth-order valence-corrected chi connectivity index (χ4v) is 4.68. The van der Waals surface area contributed by atoms with Gasteiger partial charge in [0.25, 0.3) is 0 Å². The molecule has 0 aliphatic heterocycles. The highest BCUT2D eigenvalue weighted by atomic mass is 79.9. The largest absolute Gasteiger partial charge is 0.405 e. The second kappa shape index (κ2) is 11.7. The summed E-state index contributed by atoms with van der Waals surface area (Å²) >= 11 is 9.50. The highest BCUT2D eigenvalue weighted by Gasteiger charge is 2.39. The van der Waals surface area contributed by atoms with Crippen LogP contribution in [0.3, 0.4) is 0 Å². The van der Waals surface area contributed by atoms with Gasteiger partial charge in [-0.2, -0.15) is 26.3 Å². The van der Waals surface area contributed by atoms with Crippen molar-refractivity contribution in [2.45, 2.75) is 18.3 Å². The summed E-state index contributed by atoms with van der Waals surface area (Å²) in [6.45, 7) is -2.13. The molecule has 1 unspecified atom stereocenters. The number of urea groups is 1. The van der Waals surface area contributed by atoms with Crippen LogP contribution in [0.2, 0.25) is 0 Å². The van der Waals surface area contributed by atoms with E-state index in [9.17, 15) is 35.9 Å². The number of carbonyl (C=O) groups excluding carboxylic acids is 2. The van der Waals surface area contributed by atoms with Gasteiger partial charge in [0.2, 0.25) is 0 Å². The van der Waals surface area contributed by atoms with Gasteiger partial charge in [-0.3, -0.25) is 4.79 Å². The van der Waals surface area contributed by atoms with Crippen LogP contribution in [0, 0.1) is 0 Å². The van der Waals surface area contributed by atoms with Gasteiger partial charge in [0, 0.05) is 19.0 Å². The number of allylic oxidation sites excluding steroid dienone is 1. The van der Waals surface area contributed by atoms with Gasteiger partial charge in [-0.05, 0) is 41.5 Å². The summed E-state index contributed by atoms with van der Waals surface area (Å²) in [6.07, 6.45) is -6.90. The summed E-state index contributed by atoms with van der Waals surface area (Å²) in [5.41, 5.74) is 0.477. The van der Waals surface area contributed by atoms with E-state index in [1.165, 1.54) is 36.4 Å². The first-order chi connectivity index (χ1) is 15.7. The van der Waals surface area contributed by atoms with Crippen molar-refractivity contribution in [1.29, 1.82) is 0 Å². The van der Waals surface area contributed by atoms with E-state index in [2.05, 4.69) is 47.8 Å². The first-order valence-electron chi connectivity index (χ1n) is 9.28. The molecule has 2 amide bonds. The molecule has 0 bridgehead atoms. The average Bonchev–Trinajstić information content (AvgIpc) is 2.68. The van der Waals surface area contributed by atoms with Gasteiger partial charge >= 0.3 is 18.4 Å². The van der Waals surface area contributed by atoms with Crippen molar-refractivity contribution in [3.63, 3.8) is 0 Å². The van der Waals surface area contributed by atoms with Crippen molar-refractivity contribution < 1.29 is 35.9 Å². The average molecular weight is 681 g/mol. The van der Waals surface area contributed by atoms with Crippen LogP contribution in [0.4, 0.5) is 31.1 Å². The monoisotopic (exact) mass is 678 g/mol. The zero-order valence-electron chi connectivity index (χ0n) is 16.8. The molecular weight excluding hydrogens is 666 g/mol. The van der Waals surface area contributed by atoms with Crippen molar-refractivity contribution in [2.24, 2.45) is 0 Å². The van der Waals surface area contributed by atoms with Crippen LogP contribution in [0.25, 0.3) is 6.08 Å². The molecule has 0 heterocycles. The summed E-state index contributed by atoms with van der Waals surface area (Å²) in [6, 6.07) is 7.33. The summed E-state index contributed by atoms with van der Waals surface area (Å²) < 4.78 is 78.4. The summed E-state index contributed by atoms with van der Waals surface area (Å²) in [5.74, 6) is -2.50. The van der Waals surface area contributed by atoms with Crippen LogP contribution in [0.15, 0.2) is 55.9 Å². The van der Waals surface area contributed by atoms with Gasteiger partial charge in [-0.15, -0.1) is 0 Å². The van der Waals surface area contributed by atoms with Crippen LogP contribution in [-0.4, -0.2) is 37.3 Å². The summed E-state index contributed by atoms with van der Waals surface area (Å²) in [7, 11) is 0. The van der Waals surface area contributed by atoms with Gasteiger partial charge in [0.15, 0.2) is 5.78 Å². The number of Topliss-reactive ketones (excluding diaryl/α,β-unsaturated/α-hetero) is 1. The normalized spacial score (nSPS) is 13.1. The molecule has 4 nitrogen and oxygen atoms in total. The molecule has 0 aliphatic carbocycles. The first kappa shape index (κ1) is 28.4. The van der Waals surface area contributed by atoms with E-state index in [0.717, 1.165) is 6.08 Å². The van der Waals surface area contributed by atoms with E-state index >= 15 is 0 Å². The second-order valence-electron chi connectivity index (χ2n) is 6.90. The van der Waals surface area contributed by atoms with Gasteiger partial charge in [0.1, 0.15) is 6.54 Å². The van der Waals surface area contributed by atoms with Gasteiger partial charge in [-0.25, -0.2) is 4.79 Å². The quantitative estimate of drug-likeness (QED) is 0.237. The van der Waals surface area contributed by atoms with Crippen LogP contribution in [0.5, 0.6) is 0 Å². The molecule has 13 heteroatoms. The highest BCUT2D eigenvalue weighted by Crippen LogP contribution is 2.38. The maximum absolute atomic E-state index is 13.7. The number of carbonyl (C=O) groups is 2. The molecule has 2 N–H and O–H groups in total. The van der Waals surface area contributed by atoms with E-state index < -0.39 is 43.2 Å². The molecule has 0 saturated carbocycles. The van der Waals surface area contributed by atoms with E-state index in [-0.39, 0.29) is 15.6 Å². The topological polar surface area (TPSA) is 58.2 Å². The maximum atomic E-state index is 13.7. The summed E-state index contributed by atoms with van der Waals surface area (Å²) in [4.78, 5) is 23.6. The Bertz CT molecular complexity index is 1070. The Morgan fingerprint density at radius 2 is 1.53 bits per heavy atom. The van der Waals surface area contributed by atoms with Crippen molar-refractivity contribution in [3.05, 3.63) is 72.6 Å². The molecule has 0 radical (unpaired) electrons. The number of halogens is 9. The first-order valence-corrected chi connectivity index (χ1v) is 11.7. The van der Waals surface area contributed by atoms with Crippen LogP contribution >= 0.6 is 47.8 Å². The summed E-state index contributed by atoms with van der Waals surface area (Å²) in [5, 5.41) is 3.58. The highest BCUT2D eigenvalue weighted by molar-refractivity contribution is 9.11. The van der Waals surface area contributed by atoms with Crippen molar-refractivity contribution in [1.82, 2.24) is 10.6 Å². The van der Waals surface area contributed by atoms with E-state index in [1.54, 1.807) is 11.4 Å². The minimum Gasteiger partial charge on any atom is -0.331 e. The van der Waals surface area contributed by atoms with Gasteiger partial charge in [-0.1, -0.05) is 66.0 Å². The minimum absolute atomic E-state index is 0.0192. The maximum Gasteiger partial charge on any atom is 0.405 e. The molecule has 0 saturated heterocycles. The van der Waals surface area contributed by atoms with Crippen LogP contribution in [0.1, 0.15) is 27.4 Å². The van der Waals surface area contributed by atoms with Crippen LogP contribution < -0.4 is 10.6 Å². The standard InChI is InChI=1S/C21H15Br3F6N2O2/c22-13-6-12(7-14(23)8-13)16(21(28,29)30)4-2-11-1-3-15(17(24)5-11)18(33)9-31-19(34)32-10-20(25,26)27/h1-8,16H,9-10H2,(H2,31,32,34)/b4-2+. The Morgan fingerprint density at radius 1 is 0.912 bits per heavy atom. The third kappa shape index (κ3) is 9.06. The molecule has 0 aromatic heterocycles. The van der Waals surface area contributed by atoms with Crippen molar-refractivity contribution in [3.8, 4) is 0 Å². The Balaban J connectivity index is 2.12. The third-order valence-electron chi connectivity index (χ3n) is 4.23. The fraction of sp³-hybridized carbons (Fsp3) is 0.238. The molecule has 34 heavy (non-hydrogen) atoms. The molecule has 2 rings (SSSR count). The number of ketones is 1. The fourth-order valence-electron chi connectivity index (χ4n) is 2.73. The minimum atomic E-state index is -4.59. The predicted molar refractivity (Wildman–Crippen MR) is 126 cm³/mol. The zero-order valence-corrected chi connectivity index (χ0v) is 21.6. The molecule has 184 valence electrons. The van der Waals surface area contributed by atoms with E-state index in [4.69, 9.17) is 0 Å². The number of nitrogens with one attached hydrogen (secondary N) is 2. The lowest BCUT2D eigenvalue weighted by molar-refractivity contribution is -0.139. The predicted octanol–water partition coefficient (Wildman–Crippen LogP) is 7.38. The number of hydrogen-bond donors (Lipinski definition) is 2. The Hall–Kier alpha value is -1.86. The molecule has 2 aromatic carbocycles. The Morgan fingerprint density at radius 3 is 2.06 bits per heavy atom. The van der Waals surface area contributed by atoms with Crippen LogP contribution in [-0.2, 0) is 0 Å². The van der Waals surface area contributed by atoms with E-state index in [0.29, 0.717) is 14.5 Å². The molecular formula is C21H15Br3F6N2O2. The van der Waals surface area contributed by atoms with Crippen molar-refractivity contribution >= 4 is 65.7 Å². The lowest BCUT2D eigenvalue weighted by Crippen LogP contribution is -2.42. The molecule has 2 aromatic rings. The number of rotatable bonds is 7. The SMILES string of the molecule is O=C(NCC(=O)c1ccc(/C=C/C(c2cc(Br)cc(Br)c2)C(F)(F)F)cc1Br)NCC(F)(F)F. The Kier molecular flexibility index (Phi) is 9.78. The number of hydrogen-bond acceptors (Lipinski definition) is 2. The molecule has 0 fully saturated rings. The van der Waals surface area contributed by atoms with Crippen molar-refractivity contribution in [2.75, 3.05) is 13.1 Å². The van der Waals surface area contributed by atoms with Gasteiger partial charge in [0.05, 0.1) is 12.5 Å². The molecule has 0 spiro atoms.